The van der Waals surface area contributed by atoms with Gasteiger partial charge in [0, 0.05) is 0 Å². The highest BCUT2D eigenvalue weighted by Gasteiger charge is 2.10. The first-order chi connectivity index (χ1) is 9.20. The van der Waals surface area contributed by atoms with Gasteiger partial charge < -0.3 is 9.47 Å². The number of rotatable bonds is 10. The minimum absolute atomic E-state index is 0.211. The predicted octanol–water partition coefficient (Wildman–Crippen LogP) is 3.18. The molecule has 108 valence electrons. The fraction of sp³-hybridized carbons (Fsp3) is 0.600. The zero-order chi connectivity index (χ0) is 14.3. The maximum Gasteiger partial charge on any atom is 0.317 e. The van der Waals surface area contributed by atoms with Gasteiger partial charge in [0.2, 0.25) is 0 Å². The Balaban J connectivity index is 3.60. The molecule has 0 bridgehead atoms. The molecule has 0 aliphatic rings. The van der Waals surface area contributed by atoms with Crippen molar-refractivity contribution < 1.29 is 19.1 Å². The molecule has 0 fully saturated rings. The van der Waals surface area contributed by atoms with Crippen LogP contribution in [0.15, 0.2) is 24.3 Å². The van der Waals surface area contributed by atoms with E-state index in [1.54, 1.807) is 12.2 Å². The first kappa shape index (κ1) is 17.4. The molecule has 0 heterocycles. The summed E-state index contributed by atoms with van der Waals surface area (Å²) in [4.78, 5) is 22.5. The molecule has 0 saturated carbocycles. The van der Waals surface area contributed by atoms with Gasteiger partial charge in [-0.1, -0.05) is 51.0 Å². The molecule has 0 unspecified atom stereocenters. The van der Waals surface area contributed by atoms with E-state index in [9.17, 15) is 9.59 Å². The number of allylic oxidation sites excluding steroid dienone is 2. The summed E-state index contributed by atoms with van der Waals surface area (Å²) in [5.74, 6) is -1.10. The third kappa shape index (κ3) is 12.7. The number of unbranched alkanes of at least 4 members (excludes halogenated alkanes) is 2. The van der Waals surface area contributed by atoms with Crippen LogP contribution >= 0.6 is 0 Å². The lowest BCUT2D eigenvalue weighted by Gasteiger charge is -2.02. The number of esters is 2. The van der Waals surface area contributed by atoms with Crippen LogP contribution in [0.25, 0.3) is 0 Å². The normalized spacial score (nSPS) is 11.1. The maximum absolute atomic E-state index is 11.2. The van der Waals surface area contributed by atoms with Crippen LogP contribution < -0.4 is 0 Å². The summed E-state index contributed by atoms with van der Waals surface area (Å²) in [5.41, 5.74) is 0. The van der Waals surface area contributed by atoms with Crippen LogP contribution in [0.2, 0.25) is 0 Å². The van der Waals surface area contributed by atoms with Gasteiger partial charge in [0.05, 0.1) is 0 Å². The largest absolute Gasteiger partial charge is 0.461 e. The molecule has 0 aromatic carbocycles. The van der Waals surface area contributed by atoms with Crippen molar-refractivity contribution in [3.05, 3.63) is 24.3 Å². The second-order valence-corrected chi connectivity index (χ2v) is 4.06. The Kier molecular flexibility index (Phi) is 11.8. The van der Waals surface area contributed by atoms with Crippen LogP contribution in [0.4, 0.5) is 0 Å². The fourth-order valence-electron chi connectivity index (χ4n) is 1.21. The van der Waals surface area contributed by atoms with Gasteiger partial charge in [-0.3, -0.25) is 9.59 Å². The Morgan fingerprint density at radius 2 is 1.21 bits per heavy atom. The van der Waals surface area contributed by atoms with E-state index in [4.69, 9.17) is 9.47 Å². The molecule has 0 aromatic heterocycles. The van der Waals surface area contributed by atoms with E-state index in [0.717, 1.165) is 25.7 Å². The first-order valence-corrected chi connectivity index (χ1v) is 6.81. The molecule has 0 aromatic rings. The molecule has 0 amide bonds. The van der Waals surface area contributed by atoms with Gasteiger partial charge in [0.25, 0.3) is 0 Å². The van der Waals surface area contributed by atoms with E-state index < -0.39 is 11.9 Å². The molecule has 0 spiro atoms. The molecular formula is C15H24O4. The van der Waals surface area contributed by atoms with Crippen molar-refractivity contribution in [2.75, 3.05) is 13.2 Å². The van der Waals surface area contributed by atoms with Gasteiger partial charge in [0.1, 0.15) is 19.6 Å². The molecule has 0 rings (SSSR count). The van der Waals surface area contributed by atoms with E-state index in [1.807, 2.05) is 12.2 Å². The molecule has 0 radical (unpaired) electrons. The van der Waals surface area contributed by atoms with Gasteiger partial charge in [-0.25, -0.2) is 0 Å². The summed E-state index contributed by atoms with van der Waals surface area (Å²) in [6, 6.07) is 0. The Labute approximate surface area is 115 Å². The van der Waals surface area contributed by atoms with Crippen LogP contribution in [0, 0.1) is 0 Å². The molecule has 0 N–H and O–H groups in total. The smallest absolute Gasteiger partial charge is 0.317 e. The average Bonchev–Trinajstić information content (AvgIpc) is 2.38. The van der Waals surface area contributed by atoms with Crippen LogP contribution in [0.3, 0.4) is 0 Å². The molecule has 4 nitrogen and oxygen atoms in total. The molecule has 4 heteroatoms. The number of carbonyl (C=O) groups excluding carboxylic acids is 2. The van der Waals surface area contributed by atoms with E-state index in [2.05, 4.69) is 13.8 Å². The molecule has 0 saturated heterocycles. The van der Waals surface area contributed by atoms with Crippen LogP contribution in [0.5, 0.6) is 0 Å². The van der Waals surface area contributed by atoms with Gasteiger partial charge in [-0.15, -0.1) is 0 Å². The third-order valence-electron chi connectivity index (χ3n) is 2.21. The van der Waals surface area contributed by atoms with E-state index in [-0.39, 0.29) is 19.6 Å². The standard InChI is InChI=1S/C15H24O4/c1-3-5-7-9-11-18-14(16)13-15(17)19-12-10-8-6-4-2/h7-10H,3-6,11-13H2,1-2H3. The molecule has 0 aliphatic heterocycles. The van der Waals surface area contributed by atoms with Crippen LogP contribution in [-0.2, 0) is 19.1 Å². The summed E-state index contributed by atoms with van der Waals surface area (Å²) in [6.45, 7) is 4.56. The van der Waals surface area contributed by atoms with Crippen molar-refractivity contribution in [1.29, 1.82) is 0 Å². The Bertz CT molecular complexity index is 275. The Morgan fingerprint density at radius 1 is 0.789 bits per heavy atom. The van der Waals surface area contributed by atoms with E-state index in [0.29, 0.717) is 0 Å². The van der Waals surface area contributed by atoms with Crippen LogP contribution in [0.1, 0.15) is 46.0 Å². The zero-order valence-electron chi connectivity index (χ0n) is 11.9. The molecule has 0 atom stereocenters. The Morgan fingerprint density at radius 3 is 1.58 bits per heavy atom. The van der Waals surface area contributed by atoms with Gasteiger partial charge in [-0.2, -0.15) is 0 Å². The quantitative estimate of drug-likeness (QED) is 0.347. The first-order valence-electron chi connectivity index (χ1n) is 6.81. The van der Waals surface area contributed by atoms with Crippen molar-refractivity contribution in [2.24, 2.45) is 0 Å². The average molecular weight is 268 g/mol. The van der Waals surface area contributed by atoms with Crippen molar-refractivity contribution in [3.63, 3.8) is 0 Å². The summed E-state index contributed by atoms with van der Waals surface area (Å²) in [6.07, 6.45) is 11.2. The van der Waals surface area contributed by atoms with Crippen molar-refractivity contribution in [2.45, 2.75) is 46.0 Å². The summed E-state index contributed by atoms with van der Waals surface area (Å²) in [5, 5.41) is 0. The molecular weight excluding hydrogens is 244 g/mol. The lowest BCUT2D eigenvalue weighted by molar-refractivity contribution is -0.153. The molecule has 0 aliphatic carbocycles. The Hall–Kier alpha value is -1.58. The topological polar surface area (TPSA) is 52.6 Å². The van der Waals surface area contributed by atoms with Gasteiger partial charge in [0.15, 0.2) is 0 Å². The van der Waals surface area contributed by atoms with Crippen molar-refractivity contribution >= 4 is 11.9 Å². The van der Waals surface area contributed by atoms with Crippen LogP contribution in [-0.4, -0.2) is 25.2 Å². The highest BCUT2D eigenvalue weighted by molar-refractivity contribution is 5.91. The van der Waals surface area contributed by atoms with Gasteiger partial charge >= 0.3 is 11.9 Å². The number of carbonyl (C=O) groups is 2. The van der Waals surface area contributed by atoms with Crippen molar-refractivity contribution in [3.8, 4) is 0 Å². The lowest BCUT2D eigenvalue weighted by atomic mass is 10.3. The minimum Gasteiger partial charge on any atom is -0.461 e. The number of hydrogen-bond acceptors (Lipinski definition) is 4. The second-order valence-electron chi connectivity index (χ2n) is 4.06. The summed E-state index contributed by atoms with van der Waals surface area (Å²) in [7, 11) is 0. The monoisotopic (exact) mass is 268 g/mol. The lowest BCUT2D eigenvalue weighted by Crippen LogP contribution is -2.14. The number of ether oxygens (including phenoxy) is 2. The van der Waals surface area contributed by atoms with E-state index in [1.165, 1.54) is 0 Å². The van der Waals surface area contributed by atoms with Crippen molar-refractivity contribution in [1.82, 2.24) is 0 Å². The third-order valence-corrected chi connectivity index (χ3v) is 2.21. The fourth-order valence-corrected chi connectivity index (χ4v) is 1.21. The second kappa shape index (κ2) is 12.9. The summed E-state index contributed by atoms with van der Waals surface area (Å²) < 4.78 is 9.72. The number of hydrogen-bond donors (Lipinski definition) is 0. The SMILES string of the molecule is CCCC=CCOC(=O)CC(=O)OCC=CCCC. The molecule has 19 heavy (non-hydrogen) atoms. The van der Waals surface area contributed by atoms with Gasteiger partial charge in [-0.05, 0) is 12.8 Å². The van der Waals surface area contributed by atoms with E-state index >= 15 is 0 Å². The zero-order valence-corrected chi connectivity index (χ0v) is 11.9. The minimum atomic E-state index is -0.552. The maximum atomic E-state index is 11.2. The summed E-state index contributed by atoms with van der Waals surface area (Å²) >= 11 is 0. The predicted molar refractivity (Wildman–Crippen MR) is 74.6 cm³/mol. The highest BCUT2D eigenvalue weighted by atomic mass is 16.6. The highest BCUT2D eigenvalue weighted by Crippen LogP contribution is 1.94.